The van der Waals surface area contributed by atoms with E-state index in [2.05, 4.69) is 167 Å². The first-order valence-electron chi connectivity index (χ1n) is 19.4. The molecule has 8 heterocycles. The van der Waals surface area contributed by atoms with Crippen LogP contribution in [0.4, 0.5) is 0 Å². The fourth-order valence-corrected chi connectivity index (χ4v) is 10.7. The molecule has 0 amide bonds. The molecule has 0 saturated carbocycles. The van der Waals surface area contributed by atoms with Gasteiger partial charge in [0, 0.05) is 64.4 Å². The highest BCUT2D eigenvalue weighted by Gasteiger charge is 2.58. The maximum atomic E-state index is 2.74. The van der Waals surface area contributed by atoms with Gasteiger partial charge >= 0.3 is 6.17 Å². The van der Waals surface area contributed by atoms with Crippen LogP contribution in [0.1, 0.15) is 56.2 Å². The van der Waals surface area contributed by atoms with Crippen molar-refractivity contribution in [3.63, 3.8) is 0 Å². The molecule has 0 fully saturated rings. The molecule has 5 aliphatic rings. The lowest BCUT2D eigenvalue weighted by Crippen LogP contribution is -2.66. The van der Waals surface area contributed by atoms with Crippen LogP contribution in [-0.2, 0) is 44.1 Å². The average Bonchev–Trinajstić information content (AvgIpc) is 3.18. The highest BCUT2D eigenvalue weighted by molar-refractivity contribution is 6.02. The Morgan fingerprint density at radius 2 is 0.962 bits per heavy atom. The number of aryl methyl sites for hydroxylation is 5. The Morgan fingerprint density at radius 3 is 1.70 bits per heavy atom. The van der Waals surface area contributed by atoms with Crippen LogP contribution in [0.5, 0.6) is 0 Å². The summed E-state index contributed by atoms with van der Waals surface area (Å²) in [5, 5.41) is 0. The lowest BCUT2D eigenvalue weighted by atomic mass is 9.67. The molecular formula is C50H40N3+3. The number of pyridine rings is 3. The number of hydrogen-bond donors (Lipinski definition) is 0. The van der Waals surface area contributed by atoms with Crippen LogP contribution < -0.4 is 13.7 Å². The number of allylic oxidation sites excluding steroid dienone is 2. The van der Waals surface area contributed by atoms with Gasteiger partial charge in [0.05, 0.1) is 11.1 Å². The quantitative estimate of drug-likeness (QED) is 0.154. The average molecular weight is 683 g/mol. The van der Waals surface area contributed by atoms with Gasteiger partial charge < -0.3 is 0 Å². The molecule has 0 N–H and O–H groups in total. The standard InChI is InChI=1S/C50H40N3/c1-32-8-2-3-9-39(32)44-22-20-37-27-50-28-38-25-35-16-14-33-18-21-45-40-10-4-6-12-42(40)47(49(51(45)29-33)52(44)30-37)48(50)43-13-7-5-11-41(43)46-23-19-34(31-53(46)50)15-17-36(24-35)26-38/h2-13,18-26,29-31,49H,14-17,27-28H2,1H3/q+3/b48-47+. The molecule has 1 spiro atoms. The summed E-state index contributed by atoms with van der Waals surface area (Å²) in [6.07, 6.45) is 13.4. The van der Waals surface area contributed by atoms with Gasteiger partial charge in [0.1, 0.15) is 5.57 Å². The van der Waals surface area contributed by atoms with E-state index >= 15 is 0 Å². The summed E-state index contributed by atoms with van der Waals surface area (Å²) in [5.41, 5.74) is 22.8. The molecule has 2 atom stereocenters. The SMILES string of the molecule is Cc1ccccc1-c1ccc2c[n+]1C1/C3=C4\c5ccccc5-c5ccc6c[n+]5C4(Cc4cc(cc(c4)CC6)CCc4ccc([n+]1c4)-c1ccccc13)C2. The predicted octanol–water partition coefficient (Wildman–Crippen LogP) is 8.53. The van der Waals surface area contributed by atoms with Crippen molar-refractivity contribution in [1.29, 1.82) is 0 Å². The van der Waals surface area contributed by atoms with E-state index in [1.54, 1.807) is 0 Å². The van der Waals surface area contributed by atoms with E-state index in [-0.39, 0.29) is 11.7 Å². The molecule has 3 nitrogen and oxygen atoms in total. The molecule has 3 aromatic heterocycles. The van der Waals surface area contributed by atoms with Crippen LogP contribution in [0, 0.1) is 6.92 Å². The third kappa shape index (κ3) is 4.19. The number of benzene rings is 4. The van der Waals surface area contributed by atoms with E-state index in [0.717, 1.165) is 38.5 Å². The first-order chi connectivity index (χ1) is 26.1. The largest absolute Gasteiger partial charge is 0.381 e. The second-order valence-electron chi connectivity index (χ2n) is 16.1. The Labute approximate surface area is 310 Å². The maximum absolute atomic E-state index is 2.74. The highest BCUT2D eigenvalue weighted by Crippen LogP contribution is 2.53. The molecule has 5 aliphatic heterocycles. The lowest BCUT2D eigenvalue weighted by molar-refractivity contribution is -0.920. The number of rotatable bonds is 1. The molecule has 12 rings (SSSR count). The Morgan fingerprint density at radius 1 is 0.453 bits per heavy atom. The van der Waals surface area contributed by atoms with Gasteiger partial charge in [-0.25, -0.2) is 0 Å². The van der Waals surface area contributed by atoms with E-state index in [9.17, 15) is 0 Å². The second kappa shape index (κ2) is 10.8. The van der Waals surface area contributed by atoms with Crippen LogP contribution in [0.25, 0.3) is 44.9 Å². The minimum atomic E-state index is -0.375. The van der Waals surface area contributed by atoms with Gasteiger partial charge in [0.25, 0.3) is 0 Å². The van der Waals surface area contributed by atoms with Gasteiger partial charge in [-0.3, -0.25) is 0 Å². The molecule has 0 radical (unpaired) electrons. The summed E-state index contributed by atoms with van der Waals surface area (Å²) in [6, 6.07) is 49.5. The summed E-state index contributed by atoms with van der Waals surface area (Å²) in [5.74, 6) is 0. The fraction of sp³-hybridized carbons (Fsp3) is 0.180. The third-order valence-corrected chi connectivity index (χ3v) is 13.0. The Balaban J connectivity index is 1.33. The van der Waals surface area contributed by atoms with Crippen LogP contribution in [0.3, 0.4) is 0 Å². The number of hydrogen-bond acceptors (Lipinski definition) is 0. The minimum absolute atomic E-state index is 0.102. The van der Waals surface area contributed by atoms with Crippen LogP contribution in [0.2, 0.25) is 0 Å². The molecule has 4 aromatic carbocycles. The molecule has 7 aromatic rings. The van der Waals surface area contributed by atoms with Crippen molar-refractivity contribution in [2.45, 2.75) is 57.2 Å². The van der Waals surface area contributed by atoms with E-state index in [1.807, 2.05) is 0 Å². The molecular weight excluding hydrogens is 643 g/mol. The number of nitrogens with zero attached hydrogens (tertiary/aromatic N) is 3. The first kappa shape index (κ1) is 29.6. The second-order valence-corrected chi connectivity index (χ2v) is 16.1. The Hall–Kier alpha value is -5.93. The fourth-order valence-electron chi connectivity index (χ4n) is 10.7. The summed E-state index contributed by atoms with van der Waals surface area (Å²) >= 11 is 0. The van der Waals surface area contributed by atoms with Crippen molar-refractivity contribution < 1.29 is 13.7 Å². The molecule has 0 saturated heterocycles. The molecule has 12 bridgehead atoms. The zero-order valence-corrected chi connectivity index (χ0v) is 30.0. The molecule has 53 heavy (non-hydrogen) atoms. The smallest absolute Gasteiger partial charge is 0.188 e. The molecule has 0 aliphatic carbocycles. The van der Waals surface area contributed by atoms with Gasteiger partial charge in [0.2, 0.25) is 22.6 Å². The zero-order chi connectivity index (χ0) is 34.8. The van der Waals surface area contributed by atoms with E-state index in [1.165, 1.54) is 95.0 Å². The highest BCUT2D eigenvalue weighted by atomic mass is 15.2. The molecule has 3 heteroatoms. The first-order valence-corrected chi connectivity index (χ1v) is 19.4. The van der Waals surface area contributed by atoms with Gasteiger partial charge in [-0.15, -0.1) is 9.13 Å². The van der Waals surface area contributed by atoms with E-state index in [4.69, 9.17) is 0 Å². The Kier molecular flexibility index (Phi) is 6.04. The third-order valence-electron chi connectivity index (χ3n) is 13.0. The van der Waals surface area contributed by atoms with Gasteiger partial charge in [-0.1, -0.05) is 72.8 Å². The predicted molar refractivity (Wildman–Crippen MR) is 209 cm³/mol. The summed E-state index contributed by atoms with van der Waals surface area (Å²) in [4.78, 5) is 0. The van der Waals surface area contributed by atoms with Crippen molar-refractivity contribution in [3.05, 3.63) is 196 Å². The van der Waals surface area contributed by atoms with Crippen LogP contribution in [0.15, 0.2) is 146 Å². The van der Waals surface area contributed by atoms with Gasteiger partial charge in [0.15, 0.2) is 18.6 Å². The topological polar surface area (TPSA) is 11.6 Å². The summed E-state index contributed by atoms with van der Waals surface area (Å²) < 4.78 is 8.01. The van der Waals surface area contributed by atoms with E-state index < -0.39 is 0 Å². The minimum Gasteiger partial charge on any atom is -0.188 e. The summed E-state index contributed by atoms with van der Waals surface area (Å²) in [7, 11) is 0. The Bertz CT molecular complexity index is 2770. The summed E-state index contributed by atoms with van der Waals surface area (Å²) in [6.45, 7) is 2.25. The van der Waals surface area contributed by atoms with Crippen molar-refractivity contribution >= 4 is 11.1 Å². The van der Waals surface area contributed by atoms with E-state index in [0.29, 0.717) is 0 Å². The van der Waals surface area contributed by atoms with Gasteiger partial charge in [-0.2, -0.15) is 4.57 Å². The van der Waals surface area contributed by atoms with Crippen molar-refractivity contribution in [2.24, 2.45) is 0 Å². The zero-order valence-electron chi connectivity index (χ0n) is 30.0. The van der Waals surface area contributed by atoms with Crippen molar-refractivity contribution in [1.82, 2.24) is 0 Å². The van der Waals surface area contributed by atoms with Crippen LogP contribution in [-0.4, -0.2) is 0 Å². The van der Waals surface area contributed by atoms with Crippen molar-refractivity contribution in [3.8, 4) is 33.8 Å². The normalized spacial score (nSPS) is 20.9. The molecule has 252 valence electrons. The number of aromatic nitrogens is 3. The lowest BCUT2D eigenvalue weighted by Gasteiger charge is -2.40. The molecule has 2 unspecified atom stereocenters. The van der Waals surface area contributed by atoms with Crippen molar-refractivity contribution in [2.75, 3.05) is 0 Å². The number of fused-ring (bicyclic) bond motifs is 10. The monoisotopic (exact) mass is 682 g/mol. The van der Waals surface area contributed by atoms with Gasteiger partial charge in [-0.05, 0) is 96.8 Å². The maximum Gasteiger partial charge on any atom is 0.381 e. The van der Waals surface area contributed by atoms with Crippen LogP contribution >= 0.6 is 0 Å².